The Balaban J connectivity index is 2.14. The molecule has 3 rings (SSSR count). The van der Waals surface area contributed by atoms with Gasteiger partial charge in [-0.2, -0.15) is 0 Å². The smallest absolute Gasteiger partial charge is 0.263 e. The van der Waals surface area contributed by atoms with E-state index in [9.17, 15) is 4.79 Å². The minimum absolute atomic E-state index is 0.0409. The van der Waals surface area contributed by atoms with E-state index in [4.69, 9.17) is 11.6 Å². The number of hydrogen-bond acceptors (Lipinski definition) is 1. The van der Waals surface area contributed by atoms with Gasteiger partial charge in [-0.3, -0.25) is 9.69 Å². The van der Waals surface area contributed by atoms with Gasteiger partial charge in [0.25, 0.3) is 5.91 Å². The number of carbonyl (C=O) groups excluding carboxylic acids is 1. The van der Waals surface area contributed by atoms with E-state index in [2.05, 4.69) is 29.2 Å². The maximum atomic E-state index is 12.5. The molecule has 0 bridgehead atoms. The molecule has 0 radical (unpaired) electrons. The van der Waals surface area contributed by atoms with E-state index >= 15 is 0 Å². The van der Waals surface area contributed by atoms with E-state index in [-0.39, 0.29) is 5.91 Å². The molecule has 0 saturated heterocycles. The Labute approximate surface area is 129 Å². The van der Waals surface area contributed by atoms with Crippen molar-refractivity contribution >= 4 is 51.5 Å². The summed E-state index contributed by atoms with van der Waals surface area (Å²) < 4.78 is 0.924. The Hall–Kier alpha value is -1.33. The predicted molar refractivity (Wildman–Crippen MR) is 86.5 cm³/mol. The highest BCUT2D eigenvalue weighted by Crippen LogP contribution is 2.38. The minimum atomic E-state index is -0.0409. The molecule has 94 valence electrons. The van der Waals surface area contributed by atoms with Crippen molar-refractivity contribution in [1.82, 2.24) is 0 Å². The van der Waals surface area contributed by atoms with Gasteiger partial charge in [-0.15, -0.1) is 0 Å². The van der Waals surface area contributed by atoms with Crippen LogP contribution in [0, 0.1) is 3.57 Å². The molecule has 0 fully saturated rings. The summed E-state index contributed by atoms with van der Waals surface area (Å²) >= 11 is 8.13. The van der Waals surface area contributed by atoms with E-state index in [1.165, 1.54) is 0 Å². The molecular formula is C15H9ClINO. The van der Waals surface area contributed by atoms with E-state index in [0.29, 0.717) is 16.3 Å². The van der Waals surface area contributed by atoms with E-state index in [1.54, 1.807) is 11.0 Å². The molecule has 1 aliphatic heterocycles. The summed E-state index contributed by atoms with van der Waals surface area (Å²) in [6.07, 6.45) is 0. The Kier molecular flexibility index (Phi) is 3.11. The highest BCUT2D eigenvalue weighted by molar-refractivity contribution is 14.1. The molecule has 0 saturated carbocycles. The molecule has 0 atom stereocenters. The summed E-state index contributed by atoms with van der Waals surface area (Å²) in [5, 5.41) is 0.655. The zero-order chi connectivity index (χ0) is 13.6. The summed E-state index contributed by atoms with van der Waals surface area (Å²) in [7, 11) is 0. The lowest BCUT2D eigenvalue weighted by atomic mass is 10.1. The van der Waals surface area contributed by atoms with Gasteiger partial charge in [0.15, 0.2) is 0 Å². The number of fused-ring (bicyclic) bond motifs is 1. The lowest BCUT2D eigenvalue weighted by Crippen LogP contribution is -2.22. The number of amides is 1. The Morgan fingerprint density at radius 1 is 1.11 bits per heavy atom. The standard InChI is InChI=1S/C15H9ClINO/c1-9-11-4-2-3-5-12(11)15(19)18(9)14-7-6-10(16)8-13(14)17/h2-8H,1H2. The first kappa shape index (κ1) is 12.7. The van der Waals surface area contributed by atoms with Crippen LogP contribution >= 0.6 is 34.2 Å². The second kappa shape index (κ2) is 4.65. The Bertz CT molecular complexity index is 676. The van der Waals surface area contributed by atoms with Gasteiger partial charge in [0.2, 0.25) is 0 Å². The van der Waals surface area contributed by atoms with Gasteiger partial charge in [0.05, 0.1) is 11.4 Å². The lowest BCUT2D eigenvalue weighted by Gasteiger charge is -2.19. The van der Waals surface area contributed by atoms with Crippen molar-refractivity contribution in [1.29, 1.82) is 0 Å². The molecule has 2 aromatic rings. The average molecular weight is 382 g/mol. The highest BCUT2D eigenvalue weighted by Gasteiger charge is 2.32. The molecule has 0 N–H and O–H groups in total. The van der Waals surface area contributed by atoms with Crippen molar-refractivity contribution in [3.05, 3.63) is 68.8 Å². The maximum absolute atomic E-state index is 12.5. The van der Waals surface area contributed by atoms with Crippen LogP contribution in [0.3, 0.4) is 0 Å². The summed E-state index contributed by atoms with van der Waals surface area (Å²) in [6, 6.07) is 13.0. The molecule has 0 aromatic heterocycles. The largest absolute Gasteiger partial charge is 0.276 e. The first-order valence-corrected chi connectivity index (χ1v) is 7.13. The highest BCUT2D eigenvalue weighted by atomic mass is 127. The van der Waals surface area contributed by atoms with Crippen LogP contribution in [-0.4, -0.2) is 5.91 Å². The van der Waals surface area contributed by atoms with Gasteiger partial charge in [0, 0.05) is 19.7 Å². The number of anilines is 1. The predicted octanol–water partition coefficient (Wildman–Crippen LogP) is 4.58. The van der Waals surface area contributed by atoms with Crippen molar-refractivity contribution in [3.8, 4) is 0 Å². The fourth-order valence-electron chi connectivity index (χ4n) is 2.20. The SMILES string of the molecule is C=C1c2ccccc2C(=O)N1c1ccc(Cl)cc1I. The van der Waals surface area contributed by atoms with Crippen molar-refractivity contribution in [2.45, 2.75) is 0 Å². The second-order valence-electron chi connectivity index (χ2n) is 4.23. The van der Waals surface area contributed by atoms with Gasteiger partial charge in [-0.05, 0) is 46.9 Å². The third kappa shape index (κ3) is 1.97. The molecule has 0 aliphatic carbocycles. The number of halogens is 2. The van der Waals surface area contributed by atoms with Crippen LogP contribution in [-0.2, 0) is 0 Å². The van der Waals surface area contributed by atoms with Gasteiger partial charge in [-0.25, -0.2) is 0 Å². The topological polar surface area (TPSA) is 20.3 Å². The monoisotopic (exact) mass is 381 g/mol. The first-order chi connectivity index (χ1) is 9.09. The van der Waals surface area contributed by atoms with Gasteiger partial charge in [0.1, 0.15) is 0 Å². The molecule has 1 aliphatic rings. The van der Waals surface area contributed by atoms with Crippen LogP contribution < -0.4 is 4.90 Å². The zero-order valence-electron chi connectivity index (χ0n) is 9.86. The molecule has 19 heavy (non-hydrogen) atoms. The summed E-state index contributed by atoms with van der Waals surface area (Å²) in [5.74, 6) is -0.0409. The molecule has 0 spiro atoms. The van der Waals surface area contributed by atoms with Crippen molar-refractivity contribution in [2.75, 3.05) is 4.90 Å². The van der Waals surface area contributed by atoms with Crippen molar-refractivity contribution in [3.63, 3.8) is 0 Å². The Morgan fingerprint density at radius 2 is 1.79 bits per heavy atom. The second-order valence-corrected chi connectivity index (χ2v) is 5.83. The number of hydrogen-bond donors (Lipinski definition) is 0. The van der Waals surface area contributed by atoms with E-state index in [1.807, 2.05) is 36.4 Å². The van der Waals surface area contributed by atoms with Crippen LogP contribution in [0.5, 0.6) is 0 Å². The molecule has 1 heterocycles. The first-order valence-electron chi connectivity index (χ1n) is 5.67. The molecular weight excluding hydrogens is 373 g/mol. The number of nitrogens with zero attached hydrogens (tertiary/aromatic N) is 1. The normalized spacial score (nSPS) is 13.9. The number of carbonyl (C=O) groups is 1. The van der Waals surface area contributed by atoms with Crippen LogP contribution in [0.2, 0.25) is 5.02 Å². The van der Waals surface area contributed by atoms with E-state index < -0.39 is 0 Å². The average Bonchev–Trinajstić information content (AvgIpc) is 2.64. The summed E-state index contributed by atoms with van der Waals surface area (Å²) in [4.78, 5) is 14.1. The van der Waals surface area contributed by atoms with Gasteiger partial charge < -0.3 is 0 Å². The zero-order valence-corrected chi connectivity index (χ0v) is 12.8. The van der Waals surface area contributed by atoms with Crippen LogP contribution in [0.15, 0.2) is 49.0 Å². The van der Waals surface area contributed by atoms with Crippen molar-refractivity contribution < 1.29 is 4.79 Å². The molecule has 2 nitrogen and oxygen atoms in total. The van der Waals surface area contributed by atoms with Crippen LogP contribution in [0.25, 0.3) is 5.70 Å². The summed E-state index contributed by atoms with van der Waals surface area (Å²) in [5.41, 5.74) is 3.11. The lowest BCUT2D eigenvalue weighted by molar-refractivity contribution is 0.101. The quantitative estimate of drug-likeness (QED) is 0.662. The number of rotatable bonds is 1. The molecule has 0 unspecified atom stereocenters. The molecule has 4 heteroatoms. The van der Waals surface area contributed by atoms with Crippen LogP contribution in [0.4, 0.5) is 5.69 Å². The number of benzene rings is 2. The Morgan fingerprint density at radius 3 is 2.42 bits per heavy atom. The molecule has 1 amide bonds. The third-order valence-corrected chi connectivity index (χ3v) is 4.19. The van der Waals surface area contributed by atoms with Crippen LogP contribution in [0.1, 0.15) is 15.9 Å². The fraction of sp³-hybridized carbons (Fsp3) is 0. The summed E-state index contributed by atoms with van der Waals surface area (Å²) in [6.45, 7) is 4.04. The van der Waals surface area contributed by atoms with Crippen molar-refractivity contribution in [2.24, 2.45) is 0 Å². The fourth-order valence-corrected chi connectivity index (χ4v) is 3.31. The minimum Gasteiger partial charge on any atom is -0.276 e. The van der Waals surface area contributed by atoms with E-state index in [0.717, 1.165) is 14.8 Å². The molecule has 2 aromatic carbocycles. The van der Waals surface area contributed by atoms with Gasteiger partial charge in [-0.1, -0.05) is 36.4 Å². The third-order valence-electron chi connectivity index (χ3n) is 3.09. The van der Waals surface area contributed by atoms with Gasteiger partial charge >= 0.3 is 0 Å². The maximum Gasteiger partial charge on any atom is 0.263 e.